The normalized spacial score (nSPS) is 4.80. The molecule has 0 atom stereocenters. The van der Waals surface area contributed by atoms with Crippen molar-refractivity contribution >= 4 is 45.5 Å². The standard InChI is InChI=1S/2NO3.H2O.Sr/c2*2-1(3)4;;/h;;1H2;/q2*-1;;+2. The van der Waals surface area contributed by atoms with Crippen molar-refractivity contribution < 1.29 is 15.6 Å². The molecule has 10 heteroatoms. The van der Waals surface area contributed by atoms with Crippen LogP contribution in [0.25, 0.3) is 0 Å². The Labute approximate surface area is 91.1 Å². The molecule has 0 rings (SSSR count). The van der Waals surface area contributed by atoms with Gasteiger partial charge in [0.1, 0.15) is 0 Å². The molecule has 0 aliphatic heterocycles. The molecular formula is H2N2O7Sr. The van der Waals surface area contributed by atoms with E-state index in [0.29, 0.717) is 0 Å². The van der Waals surface area contributed by atoms with Crippen LogP contribution in [0.1, 0.15) is 0 Å². The molecule has 0 aliphatic carbocycles. The van der Waals surface area contributed by atoms with Crippen molar-refractivity contribution in [2.75, 3.05) is 0 Å². The van der Waals surface area contributed by atoms with E-state index in [2.05, 4.69) is 0 Å². The maximum atomic E-state index is 8.25. The van der Waals surface area contributed by atoms with Gasteiger partial charge in [0.05, 0.1) is 10.2 Å². The van der Waals surface area contributed by atoms with Crippen molar-refractivity contribution in [1.82, 2.24) is 0 Å². The van der Waals surface area contributed by atoms with Crippen LogP contribution in [0, 0.1) is 30.6 Å². The van der Waals surface area contributed by atoms with Crippen molar-refractivity contribution in [3.05, 3.63) is 30.6 Å². The summed E-state index contributed by atoms with van der Waals surface area (Å²) in [6, 6.07) is 0. The second-order valence-corrected chi connectivity index (χ2v) is 0.447. The summed E-state index contributed by atoms with van der Waals surface area (Å²) < 4.78 is 0. The number of hydrogen-bond donors (Lipinski definition) is 0. The maximum absolute atomic E-state index is 8.25. The van der Waals surface area contributed by atoms with Crippen molar-refractivity contribution in [3.63, 3.8) is 0 Å². The van der Waals surface area contributed by atoms with Gasteiger partial charge in [-0.15, -0.1) is 0 Å². The van der Waals surface area contributed by atoms with Crippen LogP contribution in [0.5, 0.6) is 0 Å². The quantitative estimate of drug-likeness (QED) is 0.273. The molecule has 0 unspecified atom stereocenters. The SMILES string of the molecule is O.O=[N+]([O-])[O-].O=[N+]([O-])[O-].[Sr+2]. The van der Waals surface area contributed by atoms with E-state index in [4.69, 9.17) is 30.6 Å². The molecule has 0 amide bonds. The van der Waals surface area contributed by atoms with Crippen molar-refractivity contribution in [1.29, 1.82) is 0 Å². The number of rotatable bonds is 0. The van der Waals surface area contributed by atoms with Gasteiger partial charge in [-0.05, 0) is 0 Å². The van der Waals surface area contributed by atoms with E-state index >= 15 is 0 Å². The van der Waals surface area contributed by atoms with Gasteiger partial charge in [-0.2, -0.15) is 0 Å². The van der Waals surface area contributed by atoms with Crippen LogP contribution in [0.3, 0.4) is 0 Å². The Morgan fingerprint density at radius 1 is 0.800 bits per heavy atom. The van der Waals surface area contributed by atoms with Gasteiger partial charge in [0.15, 0.2) is 0 Å². The fraction of sp³-hybridized carbons (Fsp3) is 0. The average Bonchev–Trinajstić information content (AvgIpc) is 1.25. The summed E-state index contributed by atoms with van der Waals surface area (Å²) in [5, 5.41) is 29.5. The molecule has 0 aliphatic rings. The first-order valence-electron chi connectivity index (χ1n) is 1.10. The molecule has 0 aromatic rings. The van der Waals surface area contributed by atoms with Crippen LogP contribution in [-0.4, -0.2) is 61.1 Å². The Kier molecular flexibility index (Phi) is 35.9. The molecule has 0 saturated carbocycles. The molecule has 0 fully saturated rings. The monoisotopic (exact) mass is 230 g/mol. The maximum Gasteiger partial charge on any atom is 2.00 e. The summed E-state index contributed by atoms with van der Waals surface area (Å²) in [4.78, 5) is 16.5. The first-order chi connectivity index (χ1) is 3.46. The van der Waals surface area contributed by atoms with Gasteiger partial charge < -0.3 is 36.1 Å². The van der Waals surface area contributed by atoms with Crippen LogP contribution in [0.2, 0.25) is 0 Å². The summed E-state index contributed by atoms with van der Waals surface area (Å²) in [7, 11) is 0. The minimum Gasteiger partial charge on any atom is -0.412 e. The van der Waals surface area contributed by atoms with Gasteiger partial charge in [-0.3, -0.25) is 0 Å². The van der Waals surface area contributed by atoms with Gasteiger partial charge in [0, 0.05) is 0 Å². The molecule has 0 spiro atoms. The fourth-order valence-corrected chi connectivity index (χ4v) is 0. The van der Waals surface area contributed by atoms with E-state index in [9.17, 15) is 0 Å². The zero-order valence-corrected chi connectivity index (χ0v) is 8.03. The van der Waals surface area contributed by atoms with E-state index in [1.54, 1.807) is 0 Å². The molecule has 0 aromatic carbocycles. The fourth-order valence-electron chi connectivity index (χ4n) is 0. The molecule has 0 heterocycles. The summed E-state index contributed by atoms with van der Waals surface area (Å²) in [6.45, 7) is 0. The van der Waals surface area contributed by atoms with Crippen LogP contribution >= 0.6 is 0 Å². The largest absolute Gasteiger partial charge is 2.00 e. The Bertz CT molecular complexity index is 69.6. The molecular weight excluding hydrogens is 228 g/mol. The van der Waals surface area contributed by atoms with E-state index in [-0.39, 0.29) is 51.0 Å². The topological polar surface area (TPSA) is 164 Å². The molecule has 2 N–H and O–H groups in total. The zero-order valence-electron chi connectivity index (χ0n) is 4.55. The van der Waals surface area contributed by atoms with E-state index in [1.807, 2.05) is 0 Å². The van der Waals surface area contributed by atoms with E-state index < -0.39 is 10.2 Å². The van der Waals surface area contributed by atoms with Gasteiger partial charge in [-0.25, -0.2) is 0 Å². The first kappa shape index (κ1) is 22.5. The van der Waals surface area contributed by atoms with E-state index in [0.717, 1.165) is 0 Å². The summed E-state index contributed by atoms with van der Waals surface area (Å²) >= 11 is 0. The minimum absolute atomic E-state index is 0. The summed E-state index contributed by atoms with van der Waals surface area (Å²) in [6.07, 6.45) is 0. The van der Waals surface area contributed by atoms with Crippen LogP contribution in [0.15, 0.2) is 0 Å². The second kappa shape index (κ2) is 15.9. The van der Waals surface area contributed by atoms with Crippen LogP contribution in [0.4, 0.5) is 0 Å². The Hall–Kier alpha value is -0.159. The second-order valence-electron chi connectivity index (χ2n) is 0.447. The van der Waals surface area contributed by atoms with Gasteiger partial charge in [-0.1, -0.05) is 0 Å². The smallest absolute Gasteiger partial charge is 0.412 e. The molecule has 0 aromatic heterocycles. The van der Waals surface area contributed by atoms with Crippen molar-refractivity contribution in [3.8, 4) is 0 Å². The van der Waals surface area contributed by atoms with Crippen LogP contribution < -0.4 is 0 Å². The Morgan fingerprint density at radius 2 is 0.800 bits per heavy atom. The number of nitrogens with zero attached hydrogens (tertiary/aromatic N) is 2. The predicted octanol–water partition coefficient (Wildman–Crippen LogP) is -1.68. The number of hydrogen-bond acceptors (Lipinski definition) is 6. The molecule has 10 heavy (non-hydrogen) atoms. The first-order valence-corrected chi connectivity index (χ1v) is 1.10. The summed E-state index contributed by atoms with van der Waals surface area (Å²) in [5.74, 6) is 0. The van der Waals surface area contributed by atoms with Gasteiger partial charge in [0.2, 0.25) is 0 Å². The predicted molar refractivity (Wildman–Crippen MR) is 30.1 cm³/mol. The van der Waals surface area contributed by atoms with Gasteiger partial charge in [0.25, 0.3) is 0 Å². The molecule has 0 bridgehead atoms. The third-order valence-electron chi connectivity index (χ3n) is 0. The Balaban J connectivity index is -0.0000000300. The molecule has 0 radical (unpaired) electrons. The third kappa shape index (κ3) is 14400. The minimum atomic E-state index is -1.75. The molecule has 56 valence electrons. The summed E-state index contributed by atoms with van der Waals surface area (Å²) in [5.41, 5.74) is 0. The average molecular weight is 230 g/mol. The van der Waals surface area contributed by atoms with Gasteiger partial charge >= 0.3 is 45.5 Å². The van der Waals surface area contributed by atoms with Crippen molar-refractivity contribution in [2.24, 2.45) is 0 Å². The zero-order chi connectivity index (χ0) is 7.15. The Morgan fingerprint density at radius 3 is 0.800 bits per heavy atom. The molecule has 0 saturated heterocycles. The molecule has 9 nitrogen and oxygen atoms in total. The van der Waals surface area contributed by atoms with Crippen LogP contribution in [-0.2, 0) is 0 Å². The van der Waals surface area contributed by atoms with Crippen molar-refractivity contribution in [2.45, 2.75) is 0 Å². The van der Waals surface area contributed by atoms with E-state index in [1.165, 1.54) is 0 Å². The third-order valence-corrected chi connectivity index (χ3v) is 0.